The normalized spacial score (nSPS) is 18.7. The van der Waals surface area contributed by atoms with Crippen molar-refractivity contribution in [1.82, 2.24) is 29.9 Å². The number of fused-ring (bicyclic) bond motifs is 8. The van der Waals surface area contributed by atoms with Crippen LogP contribution in [0.25, 0.3) is 11.3 Å². The highest BCUT2D eigenvalue weighted by atomic mass is 35.5. The molecule has 4 N–H and O–H groups in total. The lowest BCUT2D eigenvalue weighted by atomic mass is 9.82. The van der Waals surface area contributed by atoms with E-state index >= 15 is 0 Å². The Bertz CT molecular complexity index is 2740. The first-order valence-corrected chi connectivity index (χ1v) is 24.6. The second kappa shape index (κ2) is 21.3. The lowest BCUT2D eigenvalue weighted by molar-refractivity contribution is 0.254. The molecule has 6 aromatic rings. The van der Waals surface area contributed by atoms with Crippen LogP contribution in [0.1, 0.15) is 51.4 Å². The van der Waals surface area contributed by atoms with Gasteiger partial charge in [0.05, 0.1) is 29.2 Å². The number of aromatic nitrogens is 6. The highest BCUT2D eigenvalue weighted by molar-refractivity contribution is 6.58. The molecule has 4 amide bonds. The summed E-state index contributed by atoms with van der Waals surface area (Å²) in [5.41, 5.74) is 4.17. The van der Waals surface area contributed by atoms with Crippen molar-refractivity contribution in [2.45, 2.75) is 63.5 Å². The zero-order valence-electron chi connectivity index (χ0n) is 38.9. The number of hydrogen-bond donors (Lipinski definition) is 4. The minimum absolute atomic E-state index is 0.101. The second-order valence-corrected chi connectivity index (χ2v) is 18.5. The Morgan fingerprint density at radius 1 is 0.557 bits per heavy atom. The molecule has 0 aliphatic carbocycles. The lowest BCUT2D eigenvalue weighted by Crippen LogP contribution is -2.48. The van der Waals surface area contributed by atoms with Crippen LogP contribution < -0.4 is 45.5 Å². The van der Waals surface area contributed by atoms with Gasteiger partial charge in [0.15, 0.2) is 11.6 Å². The zero-order valence-corrected chi connectivity index (χ0v) is 39.6. The third-order valence-electron chi connectivity index (χ3n) is 13.6. The molecule has 18 nitrogen and oxygen atoms in total. The summed E-state index contributed by atoms with van der Waals surface area (Å²) >= 11 is 6.02. The van der Waals surface area contributed by atoms with Crippen LogP contribution in [0, 0.1) is 0 Å². The summed E-state index contributed by atoms with van der Waals surface area (Å²) in [5, 5.41) is 24.0. The predicted octanol–water partition coefficient (Wildman–Crippen LogP) is 6.67. The first kappa shape index (κ1) is 46.6. The van der Waals surface area contributed by atoms with E-state index in [4.69, 9.17) is 31.6 Å². The summed E-state index contributed by atoms with van der Waals surface area (Å²) in [6.07, 6.45) is 16.1. The largest absolute Gasteiger partial charge is 0.490 e. The third-order valence-corrected chi connectivity index (χ3v) is 13.8. The van der Waals surface area contributed by atoms with Crippen LogP contribution in [0.15, 0.2) is 110 Å². The minimum atomic E-state index is -1.42. The number of pyridine rings is 6. The molecule has 6 aliphatic heterocycles. The molecule has 6 aromatic heterocycles. The molecule has 4 fully saturated rings. The van der Waals surface area contributed by atoms with E-state index in [0.717, 1.165) is 99.5 Å². The van der Waals surface area contributed by atoms with Crippen molar-refractivity contribution in [3.05, 3.63) is 115 Å². The molecule has 12 heterocycles. The van der Waals surface area contributed by atoms with Gasteiger partial charge in [-0.05, 0) is 118 Å². The van der Waals surface area contributed by atoms with Crippen molar-refractivity contribution < 1.29 is 19.6 Å². The number of piperidine rings is 2. The Labute approximate surface area is 412 Å². The number of nitrogens with zero attached hydrogens (tertiary/aromatic N) is 12. The second-order valence-electron chi connectivity index (χ2n) is 18.1. The Hall–Kier alpha value is -7.09. The summed E-state index contributed by atoms with van der Waals surface area (Å²) in [7, 11) is -1.42. The van der Waals surface area contributed by atoms with Crippen LogP contribution in [0.5, 0.6) is 0 Å². The molecule has 360 valence electrons. The lowest BCUT2D eigenvalue weighted by Gasteiger charge is -2.35. The fraction of sp³-hybridized carbons (Fsp3) is 0.360. The Morgan fingerprint density at radius 3 is 1.57 bits per heavy atom. The quantitative estimate of drug-likeness (QED) is 0.102. The van der Waals surface area contributed by atoms with Crippen LogP contribution in [0.4, 0.5) is 55.9 Å². The molecule has 0 unspecified atom stereocenters. The molecule has 2 atom stereocenters. The number of amides is 4. The van der Waals surface area contributed by atoms with E-state index in [2.05, 4.69) is 68.4 Å². The molecule has 4 saturated heterocycles. The molecule has 4 bridgehead atoms. The number of carbonyl (C=O) groups excluding carboxylic acids is 2. The van der Waals surface area contributed by atoms with Crippen LogP contribution in [-0.2, 0) is 0 Å². The van der Waals surface area contributed by atoms with Crippen LogP contribution in [0.2, 0.25) is 5.15 Å². The van der Waals surface area contributed by atoms with E-state index in [0.29, 0.717) is 33.9 Å². The van der Waals surface area contributed by atoms with Crippen molar-refractivity contribution >= 4 is 82.5 Å². The fourth-order valence-corrected chi connectivity index (χ4v) is 10.1. The number of urea groups is 2. The van der Waals surface area contributed by atoms with Gasteiger partial charge in [-0.3, -0.25) is 20.4 Å². The maximum Gasteiger partial charge on any atom is 0.490 e. The van der Waals surface area contributed by atoms with Gasteiger partial charge < -0.3 is 29.6 Å². The first-order valence-electron chi connectivity index (χ1n) is 24.2. The Morgan fingerprint density at radius 2 is 1.09 bits per heavy atom. The first-order chi connectivity index (χ1) is 34.3. The van der Waals surface area contributed by atoms with E-state index in [1.807, 2.05) is 53.6 Å². The van der Waals surface area contributed by atoms with Crippen LogP contribution >= 0.6 is 11.6 Å². The van der Waals surface area contributed by atoms with Crippen molar-refractivity contribution in [3.63, 3.8) is 0 Å². The molecule has 0 aromatic carbocycles. The average molecular weight is 963 g/mol. The fourth-order valence-electron chi connectivity index (χ4n) is 10.0. The summed E-state index contributed by atoms with van der Waals surface area (Å²) in [5.74, 6) is 4.34. The van der Waals surface area contributed by atoms with Crippen molar-refractivity contribution in [2.24, 2.45) is 0 Å². The van der Waals surface area contributed by atoms with E-state index < -0.39 is 7.12 Å². The van der Waals surface area contributed by atoms with E-state index in [9.17, 15) is 9.59 Å². The number of anilines is 8. The SMILES string of the molecule is O=C(Nc1ccccn1)N1c2nc(-c3ccc(N4CCCCC4)nc3)ccc2N2CC[C@H]1C2.O=C(Nc1ccccn1)N1c2nc(Cl)ccc2N2CC[C@H]1C2.OB(O)c1ccc(N2CCCCC2)nc1. The van der Waals surface area contributed by atoms with Gasteiger partial charge in [0, 0.05) is 88.2 Å². The maximum absolute atomic E-state index is 13.3. The smallest absolute Gasteiger partial charge is 0.423 e. The van der Waals surface area contributed by atoms with E-state index in [1.165, 1.54) is 44.7 Å². The number of nitrogens with one attached hydrogen (secondary N) is 2. The number of hydrogen-bond acceptors (Lipinski definition) is 14. The highest BCUT2D eigenvalue weighted by Crippen LogP contribution is 2.41. The molecular weight excluding hydrogens is 907 g/mol. The highest BCUT2D eigenvalue weighted by Gasteiger charge is 2.42. The summed E-state index contributed by atoms with van der Waals surface area (Å²) in [6, 6.07) is 26.2. The average Bonchev–Trinajstić information content (AvgIpc) is 4.03. The number of rotatable bonds is 6. The van der Waals surface area contributed by atoms with Crippen molar-refractivity contribution in [2.75, 3.05) is 92.4 Å². The maximum atomic E-state index is 13.3. The summed E-state index contributed by atoms with van der Waals surface area (Å²) in [6.45, 7) is 7.75. The summed E-state index contributed by atoms with van der Waals surface area (Å²) < 4.78 is 0. The standard InChI is InChI=1S/C25H27N7O.C15H14ClN5O.C10H15BN2O2/c33-25(29-22-6-2-3-12-26-22)32-19-11-15-31(17-19)21-9-8-20(28-24(21)32)18-7-10-23(27-16-18)30-13-4-1-5-14-30;16-12-5-4-11-14(18-12)21(10-6-8-20(11)9-10)15(22)19-13-3-1-2-7-17-13;14-11(15)9-4-5-10(12-8-9)13-6-2-1-3-7-13/h2-3,6-10,12,16,19H,1,4-5,11,13-15,17H2,(H,26,29,33);1-5,7,10H,6,8-9H2,(H,17,19,22);4-5,8,14-15H,1-3,6-7H2/t19-;10-;/m00./s1. The molecule has 0 spiro atoms. The topological polar surface area (TPSA) is 195 Å². The summed E-state index contributed by atoms with van der Waals surface area (Å²) in [4.78, 5) is 65.3. The van der Waals surface area contributed by atoms with Gasteiger partial charge in [0.25, 0.3) is 0 Å². The minimum Gasteiger partial charge on any atom is -0.423 e. The van der Waals surface area contributed by atoms with Gasteiger partial charge in [-0.15, -0.1) is 0 Å². The van der Waals surface area contributed by atoms with Crippen LogP contribution in [-0.4, -0.2) is 124 Å². The number of halogens is 1. The predicted molar refractivity (Wildman–Crippen MR) is 276 cm³/mol. The van der Waals surface area contributed by atoms with Gasteiger partial charge in [-0.25, -0.2) is 39.5 Å². The van der Waals surface area contributed by atoms with E-state index in [1.54, 1.807) is 41.6 Å². The van der Waals surface area contributed by atoms with Gasteiger partial charge in [0.1, 0.15) is 28.4 Å². The molecular formula is C50H56BClN14O4. The molecule has 0 saturated carbocycles. The molecule has 12 rings (SSSR count). The molecule has 0 radical (unpaired) electrons. The molecule has 20 heteroatoms. The van der Waals surface area contributed by atoms with E-state index in [-0.39, 0.29) is 24.1 Å². The zero-order chi connectivity index (χ0) is 48.0. The Balaban J connectivity index is 0.000000132. The Kier molecular flexibility index (Phi) is 14.2. The molecule has 6 aliphatic rings. The van der Waals surface area contributed by atoms with Gasteiger partial charge in [0.2, 0.25) is 0 Å². The van der Waals surface area contributed by atoms with Gasteiger partial charge in [-0.2, -0.15) is 0 Å². The molecule has 70 heavy (non-hydrogen) atoms. The van der Waals surface area contributed by atoms with Crippen LogP contribution in [0.3, 0.4) is 0 Å². The van der Waals surface area contributed by atoms with Gasteiger partial charge in [-0.1, -0.05) is 29.8 Å². The number of carbonyl (C=O) groups is 2. The third kappa shape index (κ3) is 10.4. The van der Waals surface area contributed by atoms with Crippen molar-refractivity contribution in [3.8, 4) is 11.3 Å². The monoisotopic (exact) mass is 962 g/mol. The van der Waals surface area contributed by atoms with Gasteiger partial charge >= 0.3 is 19.2 Å². The van der Waals surface area contributed by atoms with Crippen molar-refractivity contribution in [1.29, 1.82) is 0 Å².